The van der Waals surface area contributed by atoms with Crippen LogP contribution in [0.2, 0.25) is 0 Å². The fraction of sp³-hybridized carbons (Fsp3) is 0.217. The second-order valence-corrected chi connectivity index (χ2v) is 7.98. The number of hydrogen-bond donors (Lipinski definition) is 1. The highest BCUT2D eigenvalue weighted by Gasteiger charge is 2.37. The van der Waals surface area contributed by atoms with E-state index in [0.29, 0.717) is 21.5 Å². The Hall–Kier alpha value is -4.06. The fourth-order valence-electron chi connectivity index (χ4n) is 3.35. The van der Waals surface area contributed by atoms with E-state index in [1.807, 2.05) is 0 Å². The molecule has 4 rings (SSSR count). The molecule has 2 aliphatic rings. The Balaban J connectivity index is 1.68. The minimum absolute atomic E-state index is 0.0267. The van der Waals surface area contributed by atoms with Gasteiger partial charge in [0, 0.05) is 6.07 Å². The summed E-state index contributed by atoms with van der Waals surface area (Å²) in [4.78, 5) is 50.5. The number of fused-ring (bicyclic) bond motifs is 1. The summed E-state index contributed by atoms with van der Waals surface area (Å²) in [6, 6.07) is 6.77. The lowest BCUT2D eigenvalue weighted by Gasteiger charge is -2.26. The lowest BCUT2D eigenvalue weighted by molar-refractivity contribution is -0.143. The van der Waals surface area contributed by atoms with Crippen molar-refractivity contribution < 1.29 is 42.9 Å². The zero-order chi connectivity index (χ0) is 25.1. The summed E-state index contributed by atoms with van der Waals surface area (Å²) in [6.45, 7) is 1.73. The highest BCUT2D eigenvalue weighted by Crippen LogP contribution is 2.39. The number of barbiturate groups is 1. The van der Waals surface area contributed by atoms with Crippen molar-refractivity contribution in [3.8, 4) is 23.0 Å². The molecular formula is C23H19BrN2O9. The van der Waals surface area contributed by atoms with Gasteiger partial charge in [-0.2, -0.15) is 0 Å². The van der Waals surface area contributed by atoms with Gasteiger partial charge in [-0.3, -0.25) is 14.9 Å². The van der Waals surface area contributed by atoms with Crippen LogP contribution >= 0.6 is 15.9 Å². The van der Waals surface area contributed by atoms with Crippen molar-refractivity contribution in [3.63, 3.8) is 0 Å². The number of benzene rings is 2. The largest absolute Gasteiger partial charge is 0.490 e. The van der Waals surface area contributed by atoms with Crippen molar-refractivity contribution in [2.24, 2.45) is 0 Å². The van der Waals surface area contributed by atoms with Crippen molar-refractivity contribution in [2.45, 2.75) is 6.92 Å². The third kappa shape index (κ3) is 4.92. The van der Waals surface area contributed by atoms with Gasteiger partial charge in [-0.05, 0) is 58.8 Å². The Morgan fingerprint density at radius 1 is 1.14 bits per heavy atom. The first-order valence-electron chi connectivity index (χ1n) is 10.3. The molecule has 11 nitrogen and oxygen atoms in total. The SMILES string of the molecule is CCOc1cc(/C=C2\C(=O)NC(=O)N(c3ccc4c(c3)OCO4)C2=O)cc(Br)c1OCC(=O)OC. The van der Waals surface area contributed by atoms with Gasteiger partial charge in [0.15, 0.2) is 29.6 Å². The third-order valence-electron chi connectivity index (χ3n) is 4.92. The number of imide groups is 2. The second kappa shape index (κ2) is 10.1. The van der Waals surface area contributed by atoms with Gasteiger partial charge in [-0.15, -0.1) is 0 Å². The number of methoxy groups -OCH3 is 1. The Morgan fingerprint density at radius 3 is 2.66 bits per heavy atom. The van der Waals surface area contributed by atoms with E-state index in [9.17, 15) is 19.2 Å². The molecule has 0 aromatic heterocycles. The number of ether oxygens (including phenoxy) is 5. The topological polar surface area (TPSA) is 130 Å². The minimum Gasteiger partial charge on any atom is -0.490 e. The number of amides is 4. The number of esters is 1. The highest BCUT2D eigenvalue weighted by atomic mass is 79.9. The Morgan fingerprint density at radius 2 is 1.91 bits per heavy atom. The lowest BCUT2D eigenvalue weighted by atomic mass is 10.1. The molecular weight excluding hydrogens is 528 g/mol. The number of urea groups is 1. The van der Waals surface area contributed by atoms with Crippen molar-refractivity contribution >= 4 is 51.5 Å². The first kappa shape index (κ1) is 24.1. The van der Waals surface area contributed by atoms with Crippen LogP contribution in [0.25, 0.3) is 6.08 Å². The maximum absolute atomic E-state index is 13.2. The third-order valence-corrected chi connectivity index (χ3v) is 5.51. The zero-order valence-electron chi connectivity index (χ0n) is 18.6. The molecule has 0 unspecified atom stereocenters. The molecule has 0 radical (unpaired) electrons. The van der Waals surface area contributed by atoms with Gasteiger partial charge in [0.25, 0.3) is 11.8 Å². The van der Waals surface area contributed by atoms with Crippen LogP contribution in [0.5, 0.6) is 23.0 Å². The highest BCUT2D eigenvalue weighted by molar-refractivity contribution is 9.10. The molecule has 35 heavy (non-hydrogen) atoms. The number of hydrogen-bond acceptors (Lipinski definition) is 9. The van der Waals surface area contributed by atoms with E-state index >= 15 is 0 Å². The van der Waals surface area contributed by atoms with Crippen molar-refractivity contribution in [3.05, 3.63) is 45.9 Å². The predicted octanol–water partition coefficient (Wildman–Crippen LogP) is 2.79. The molecule has 1 saturated heterocycles. The quantitative estimate of drug-likeness (QED) is 0.316. The average Bonchev–Trinajstić information content (AvgIpc) is 3.29. The Bertz CT molecular complexity index is 1260. The Kier molecular flexibility index (Phi) is 6.92. The summed E-state index contributed by atoms with van der Waals surface area (Å²) >= 11 is 3.36. The summed E-state index contributed by atoms with van der Waals surface area (Å²) in [5, 5.41) is 2.17. The molecule has 12 heteroatoms. The number of halogens is 1. The summed E-state index contributed by atoms with van der Waals surface area (Å²) < 4.78 is 26.7. The lowest BCUT2D eigenvalue weighted by Crippen LogP contribution is -2.54. The van der Waals surface area contributed by atoms with E-state index in [1.165, 1.54) is 31.4 Å². The average molecular weight is 547 g/mol. The molecule has 0 atom stereocenters. The van der Waals surface area contributed by atoms with E-state index in [2.05, 4.69) is 26.0 Å². The predicted molar refractivity (Wildman–Crippen MR) is 124 cm³/mol. The number of anilines is 1. The van der Waals surface area contributed by atoms with Crippen LogP contribution in [-0.2, 0) is 19.1 Å². The van der Waals surface area contributed by atoms with Gasteiger partial charge in [0.1, 0.15) is 5.57 Å². The first-order chi connectivity index (χ1) is 16.8. The van der Waals surface area contributed by atoms with E-state index in [0.717, 1.165) is 4.90 Å². The number of rotatable bonds is 7. The van der Waals surface area contributed by atoms with Crippen LogP contribution in [0.3, 0.4) is 0 Å². The summed E-state index contributed by atoms with van der Waals surface area (Å²) in [6.07, 6.45) is 1.32. The number of nitrogens with zero attached hydrogens (tertiary/aromatic N) is 1. The molecule has 2 aliphatic heterocycles. The summed E-state index contributed by atoms with van der Waals surface area (Å²) in [5.41, 5.74) is 0.335. The van der Waals surface area contributed by atoms with Crippen molar-refractivity contribution in [1.29, 1.82) is 0 Å². The molecule has 0 bridgehead atoms. The van der Waals surface area contributed by atoms with Gasteiger partial charge in [0.2, 0.25) is 6.79 Å². The van der Waals surface area contributed by atoms with Gasteiger partial charge < -0.3 is 23.7 Å². The molecule has 2 aromatic rings. The second-order valence-electron chi connectivity index (χ2n) is 7.12. The monoisotopic (exact) mass is 546 g/mol. The van der Waals surface area contributed by atoms with E-state index < -0.39 is 23.8 Å². The Labute approximate surface area is 207 Å². The normalized spacial score (nSPS) is 15.8. The van der Waals surface area contributed by atoms with E-state index in [4.69, 9.17) is 18.9 Å². The van der Waals surface area contributed by atoms with Crippen LogP contribution in [0.1, 0.15) is 12.5 Å². The number of nitrogens with one attached hydrogen (secondary N) is 1. The maximum Gasteiger partial charge on any atom is 0.343 e. The van der Waals surface area contributed by atoms with Gasteiger partial charge in [-0.1, -0.05) is 0 Å². The van der Waals surface area contributed by atoms with Gasteiger partial charge >= 0.3 is 12.0 Å². The first-order valence-corrected chi connectivity index (χ1v) is 11.1. The van der Waals surface area contributed by atoms with Crippen LogP contribution in [0, 0.1) is 0 Å². The summed E-state index contributed by atoms with van der Waals surface area (Å²) in [5.74, 6) is -0.884. The zero-order valence-corrected chi connectivity index (χ0v) is 20.2. The van der Waals surface area contributed by atoms with E-state index in [-0.39, 0.29) is 42.8 Å². The molecule has 182 valence electrons. The van der Waals surface area contributed by atoms with Crippen LogP contribution in [0.4, 0.5) is 10.5 Å². The number of carbonyl (C=O) groups excluding carboxylic acids is 4. The number of carbonyl (C=O) groups is 4. The molecule has 2 heterocycles. The van der Waals surface area contributed by atoms with E-state index in [1.54, 1.807) is 19.1 Å². The molecule has 4 amide bonds. The standard InChI is InChI=1S/C23H19BrN2O9/c1-3-32-18-8-12(7-15(24)20(18)33-10-19(27)31-2)6-14-21(28)25-23(30)26(22(14)29)13-4-5-16-17(9-13)35-11-34-16/h4-9H,3,10-11H2,1-2H3,(H,25,28,30)/b14-6+. The van der Waals surface area contributed by atoms with Gasteiger partial charge in [0.05, 0.1) is 23.9 Å². The van der Waals surface area contributed by atoms with Crippen molar-refractivity contribution in [2.75, 3.05) is 32.0 Å². The molecule has 0 saturated carbocycles. The van der Waals surface area contributed by atoms with Gasteiger partial charge in [-0.25, -0.2) is 14.5 Å². The summed E-state index contributed by atoms with van der Waals surface area (Å²) in [7, 11) is 1.24. The fourth-order valence-corrected chi connectivity index (χ4v) is 3.92. The van der Waals surface area contributed by atoms with Crippen LogP contribution in [0.15, 0.2) is 40.4 Å². The van der Waals surface area contributed by atoms with Crippen LogP contribution < -0.4 is 29.2 Å². The smallest absolute Gasteiger partial charge is 0.343 e. The minimum atomic E-state index is -0.890. The molecule has 0 aliphatic carbocycles. The maximum atomic E-state index is 13.2. The molecule has 1 N–H and O–H groups in total. The molecule has 1 fully saturated rings. The van der Waals surface area contributed by atoms with Crippen LogP contribution in [-0.4, -0.2) is 50.9 Å². The molecule has 2 aromatic carbocycles. The van der Waals surface area contributed by atoms with Crippen molar-refractivity contribution in [1.82, 2.24) is 5.32 Å². The molecule has 0 spiro atoms.